The molecule has 1 aromatic heterocycles. The summed E-state index contributed by atoms with van der Waals surface area (Å²) in [6.07, 6.45) is 0.822. The van der Waals surface area contributed by atoms with E-state index in [9.17, 15) is 9.59 Å². The zero-order valence-electron chi connectivity index (χ0n) is 20.6. The molecule has 0 bridgehead atoms. The molecule has 3 rings (SSSR count). The summed E-state index contributed by atoms with van der Waals surface area (Å²) in [7, 11) is 0. The van der Waals surface area contributed by atoms with Crippen LogP contribution in [0.2, 0.25) is 0 Å². The van der Waals surface area contributed by atoms with Crippen molar-refractivity contribution in [1.29, 1.82) is 0 Å². The molecule has 0 saturated heterocycles. The molecule has 0 fully saturated rings. The van der Waals surface area contributed by atoms with Gasteiger partial charge in [-0.1, -0.05) is 29.8 Å². The minimum atomic E-state index is -0.265. The number of carbonyl (C=O) groups excluding carboxylic acids is 1. The van der Waals surface area contributed by atoms with Gasteiger partial charge in [-0.3, -0.25) is 14.5 Å². The predicted molar refractivity (Wildman–Crippen MR) is 131 cm³/mol. The van der Waals surface area contributed by atoms with Gasteiger partial charge in [0.2, 0.25) is 5.62 Å². The SMILES string of the molecule is CCOC(=O)CCCn1[nH]/c(=N\c2ccc(OC(C)C)c(C)c2)n(Cc2ccc(C)cc2)c1=O. The number of esters is 1. The number of H-pyrrole nitrogens is 1. The smallest absolute Gasteiger partial charge is 0.345 e. The molecule has 0 saturated carbocycles. The van der Waals surface area contributed by atoms with Crippen molar-refractivity contribution in [3.05, 3.63) is 75.3 Å². The molecule has 3 aromatic rings. The number of benzene rings is 2. The highest BCUT2D eigenvalue weighted by molar-refractivity contribution is 5.69. The summed E-state index contributed by atoms with van der Waals surface area (Å²) < 4.78 is 13.9. The molecule has 0 aliphatic heterocycles. The largest absolute Gasteiger partial charge is 0.491 e. The van der Waals surface area contributed by atoms with Crippen molar-refractivity contribution >= 4 is 11.7 Å². The van der Waals surface area contributed by atoms with Crippen molar-refractivity contribution in [1.82, 2.24) is 14.3 Å². The molecule has 0 radical (unpaired) electrons. The lowest BCUT2D eigenvalue weighted by molar-refractivity contribution is -0.143. The Bertz CT molecular complexity index is 1230. The minimum Gasteiger partial charge on any atom is -0.491 e. The average molecular weight is 467 g/mol. The zero-order valence-corrected chi connectivity index (χ0v) is 20.6. The lowest BCUT2D eigenvalue weighted by Crippen LogP contribution is -2.30. The van der Waals surface area contributed by atoms with Crippen LogP contribution in [-0.4, -0.2) is 33.0 Å². The number of hydrogen-bond acceptors (Lipinski definition) is 5. The number of nitrogens with one attached hydrogen (secondary N) is 1. The molecular formula is C26H34N4O4. The molecule has 0 aliphatic rings. The lowest BCUT2D eigenvalue weighted by atomic mass is 10.1. The van der Waals surface area contributed by atoms with Gasteiger partial charge in [-0.25, -0.2) is 14.5 Å². The number of hydrogen-bond donors (Lipinski definition) is 1. The number of nitrogens with zero attached hydrogens (tertiary/aromatic N) is 3. The summed E-state index contributed by atoms with van der Waals surface area (Å²) >= 11 is 0. The molecule has 34 heavy (non-hydrogen) atoms. The molecule has 1 N–H and O–H groups in total. The Hall–Kier alpha value is -3.55. The molecule has 0 spiro atoms. The monoisotopic (exact) mass is 466 g/mol. The normalized spacial score (nSPS) is 11.8. The van der Waals surface area contributed by atoms with E-state index in [2.05, 4.69) is 5.10 Å². The molecule has 0 aliphatic carbocycles. The first kappa shape index (κ1) is 25.1. The Morgan fingerprint density at radius 2 is 1.85 bits per heavy atom. The van der Waals surface area contributed by atoms with E-state index in [-0.39, 0.29) is 24.2 Å². The number of aromatic amines is 1. The van der Waals surface area contributed by atoms with E-state index in [1.165, 1.54) is 4.68 Å². The van der Waals surface area contributed by atoms with Crippen molar-refractivity contribution in [2.75, 3.05) is 6.61 Å². The quantitative estimate of drug-likeness (QED) is 0.457. The van der Waals surface area contributed by atoms with Crippen LogP contribution in [0.1, 0.15) is 50.3 Å². The molecule has 2 aromatic carbocycles. The van der Waals surface area contributed by atoms with Gasteiger partial charge >= 0.3 is 11.7 Å². The van der Waals surface area contributed by atoms with E-state index in [4.69, 9.17) is 14.5 Å². The third kappa shape index (κ3) is 6.73. The standard InChI is InChI=1S/C26H34N4O4/c1-6-33-24(31)8-7-15-30-26(32)29(17-21-11-9-19(4)10-12-21)25(28-30)27-22-13-14-23(20(5)16-22)34-18(2)3/h9-14,16,18H,6-8,15,17H2,1-5H3,(H,27,28). The number of aryl methyl sites for hydroxylation is 3. The molecular weight excluding hydrogens is 432 g/mol. The van der Waals surface area contributed by atoms with E-state index in [1.807, 2.05) is 70.2 Å². The Labute approximate surface area is 199 Å². The second kappa shape index (κ2) is 11.5. The number of carbonyl (C=O) groups is 1. The van der Waals surface area contributed by atoms with Crippen LogP contribution in [0.3, 0.4) is 0 Å². The molecule has 182 valence electrons. The van der Waals surface area contributed by atoms with Crippen LogP contribution in [0, 0.1) is 13.8 Å². The van der Waals surface area contributed by atoms with Crippen LogP contribution >= 0.6 is 0 Å². The van der Waals surface area contributed by atoms with Gasteiger partial charge in [0.05, 0.1) is 24.9 Å². The van der Waals surface area contributed by atoms with Crippen molar-refractivity contribution in [2.45, 2.75) is 66.7 Å². The van der Waals surface area contributed by atoms with Gasteiger partial charge in [0, 0.05) is 13.0 Å². The van der Waals surface area contributed by atoms with Gasteiger partial charge in [0.25, 0.3) is 0 Å². The lowest BCUT2D eigenvalue weighted by Gasteiger charge is -2.12. The maximum atomic E-state index is 13.2. The molecule has 8 heteroatoms. The minimum absolute atomic E-state index is 0.0816. The highest BCUT2D eigenvalue weighted by atomic mass is 16.5. The van der Waals surface area contributed by atoms with Gasteiger partial charge in [0.1, 0.15) is 5.75 Å². The maximum Gasteiger partial charge on any atom is 0.345 e. The van der Waals surface area contributed by atoms with Crippen LogP contribution in [0.25, 0.3) is 0 Å². The van der Waals surface area contributed by atoms with Crippen LogP contribution in [0.5, 0.6) is 5.75 Å². The second-order valence-electron chi connectivity index (χ2n) is 8.58. The fraction of sp³-hybridized carbons (Fsp3) is 0.423. The highest BCUT2D eigenvalue weighted by Gasteiger charge is 2.11. The predicted octanol–water partition coefficient (Wildman–Crippen LogP) is 4.01. The molecule has 0 unspecified atom stereocenters. The topological polar surface area (TPSA) is 90.6 Å². The van der Waals surface area contributed by atoms with Crippen molar-refractivity contribution in [3.63, 3.8) is 0 Å². The van der Waals surface area contributed by atoms with Crippen LogP contribution in [0.4, 0.5) is 5.69 Å². The van der Waals surface area contributed by atoms with Crippen LogP contribution in [-0.2, 0) is 22.6 Å². The number of aromatic nitrogens is 3. The van der Waals surface area contributed by atoms with Crippen molar-refractivity contribution in [3.8, 4) is 5.75 Å². The first-order valence-corrected chi connectivity index (χ1v) is 11.7. The Morgan fingerprint density at radius 3 is 2.50 bits per heavy atom. The van der Waals surface area contributed by atoms with Crippen LogP contribution < -0.4 is 16.0 Å². The summed E-state index contributed by atoms with van der Waals surface area (Å²) in [4.78, 5) is 29.6. The Balaban J connectivity index is 1.95. The van der Waals surface area contributed by atoms with Gasteiger partial charge < -0.3 is 9.47 Å². The summed E-state index contributed by atoms with van der Waals surface area (Å²) in [5.41, 5.74) is 4.07. The van der Waals surface area contributed by atoms with E-state index >= 15 is 0 Å². The fourth-order valence-corrected chi connectivity index (χ4v) is 3.55. The molecule has 0 amide bonds. The first-order chi connectivity index (χ1) is 16.3. The second-order valence-corrected chi connectivity index (χ2v) is 8.58. The number of rotatable bonds is 10. The first-order valence-electron chi connectivity index (χ1n) is 11.7. The summed E-state index contributed by atoms with van der Waals surface area (Å²) in [5, 5.41) is 3.12. The summed E-state index contributed by atoms with van der Waals surface area (Å²) in [5.74, 6) is 0.547. The summed E-state index contributed by atoms with van der Waals surface area (Å²) in [6.45, 7) is 10.8. The maximum absolute atomic E-state index is 13.2. The average Bonchev–Trinajstić information content (AvgIpc) is 3.06. The third-order valence-corrected chi connectivity index (χ3v) is 5.24. The van der Waals surface area contributed by atoms with Gasteiger partial charge in [-0.15, -0.1) is 0 Å². The number of ether oxygens (including phenoxy) is 2. The Kier molecular flexibility index (Phi) is 8.51. The zero-order chi connectivity index (χ0) is 24.7. The van der Waals surface area contributed by atoms with E-state index in [0.29, 0.717) is 37.4 Å². The molecule has 8 nitrogen and oxygen atoms in total. The van der Waals surface area contributed by atoms with Crippen molar-refractivity contribution < 1.29 is 14.3 Å². The van der Waals surface area contributed by atoms with E-state index in [0.717, 1.165) is 22.4 Å². The van der Waals surface area contributed by atoms with Gasteiger partial charge in [0.15, 0.2) is 0 Å². The molecule has 1 heterocycles. The highest BCUT2D eigenvalue weighted by Crippen LogP contribution is 2.24. The fourth-order valence-electron chi connectivity index (χ4n) is 3.55. The van der Waals surface area contributed by atoms with E-state index < -0.39 is 0 Å². The summed E-state index contributed by atoms with van der Waals surface area (Å²) in [6, 6.07) is 13.8. The molecule has 0 atom stereocenters. The van der Waals surface area contributed by atoms with Crippen molar-refractivity contribution in [2.24, 2.45) is 4.99 Å². The van der Waals surface area contributed by atoms with E-state index in [1.54, 1.807) is 11.5 Å². The third-order valence-electron chi connectivity index (χ3n) is 5.24. The van der Waals surface area contributed by atoms with Crippen LogP contribution in [0.15, 0.2) is 52.3 Å². The van der Waals surface area contributed by atoms with Gasteiger partial charge in [-0.05, 0) is 70.4 Å². The Morgan fingerprint density at radius 1 is 1.12 bits per heavy atom. The van der Waals surface area contributed by atoms with Gasteiger partial charge in [-0.2, -0.15) is 0 Å².